The number of nitrogens with zero attached hydrogens (tertiary/aromatic N) is 1. The lowest BCUT2D eigenvalue weighted by molar-refractivity contribution is 0.171. The van der Waals surface area contributed by atoms with Crippen molar-refractivity contribution >= 4 is 11.6 Å². The largest absolute Gasteiger partial charge is 0.330 e. The molecule has 0 saturated carbocycles. The van der Waals surface area contributed by atoms with Crippen LogP contribution in [0.3, 0.4) is 0 Å². The maximum atomic E-state index is 6.11. The molecule has 1 fully saturated rings. The van der Waals surface area contributed by atoms with Gasteiger partial charge in [-0.2, -0.15) is 0 Å². The molecule has 0 bridgehead atoms. The maximum Gasteiger partial charge on any atom is 0.0412 e. The van der Waals surface area contributed by atoms with Crippen LogP contribution in [-0.2, 0) is 13.1 Å². The van der Waals surface area contributed by atoms with Crippen LogP contribution in [0.25, 0.3) is 0 Å². The van der Waals surface area contributed by atoms with Crippen molar-refractivity contribution in [1.82, 2.24) is 4.90 Å². The lowest BCUT2D eigenvalue weighted by Crippen LogP contribution is -2.37. The van der Waals surface area contributed by atoms with Gasteiger partial charge in [-0.1, -0.05) is 17.7 Å². The molecule has 1 aromatic rings. The zero-order valence-electron chi connectivity index (χ0n) is 10.7. The van der Waals surface area contributed by atoms with Gasteiger partial charge in [0.05, 0.1) is 0 Å². The first-order valence-corrected chi connectivity index (χ1v) is 7.00. The molecule has 18 heavy (non-hydrogen) atoms. The summed E-state index contributed by atoms with van der Waals surface area (Å²) in [4.78, 5) is 2.47. The Bertz CT molecular complexity index is 395. The van der Waals surface area contributed by atoms with Gasteiger partial charge in [0.15, 0.2) is 0 Å². The Morgan fingerprint density at radius 2 is 2.00 bits per heavy atom. The number of halogens is 1. The van der Waals surface area contributed by atoms with Gasteiger partial charge in [-0.05, 0) is 55.1 Å². The number of likely N-dealkylation sites (tertiary alicyclic amines) is 1. The SMILES string of the molecule is NCc1cc(Cl)cc(CN2CCCC(CN)C2)c1. The van der Waals surface area contributed by atoms with Crippen molar-refractivity contribution in [3.05, 3.63) is 34.3 Å². The molecule has 3 nitrogen and oxygen atoms in total. The summed E-state index contributed by atoms with van der Waals surface area (Å²) in [5, 5.41) is 0.778. The summed E-state index contributed by atoms with van der Waals surface area (Å²) in [6.07, 6.45) is 2.50. The third-order valence-corrected chi connectivity index (χ3v) is 3.81. The zero-order valence-corrected chi connectivity index (χ0v) is 11.5. The molecule has 0 aromatic heterocycles. The van der Waals surface area contributed by atoms with Crippen molar-refractivity contribution in [2.24, 2.45) is 17.4 Å². The summed E-state index contributed by atoms with van der Waals surface area (Å²) in [6.45, 7) is 4.53. The van der Waals surface area contributed by atoms with Crippen LogP contribution in [-0.4, -0.2) is 24.5 Å². The molecule has 4 heteroatoms. The summed E-state index contributed by atoms with van der Waals surface area (Å²) >= 11 is 6.11. The molecule has 100 valence electrons. The minimum absolute atomic E-state index is 0.541. The second-order valence-corrected chi connectivity index (χ2v) is 5.59. The molecule has 1 aliphatic heterocycles. The molecular weight excluding hydrogens is 246 g/mol. The minimum Gasteiger partial charge on any atom is -0.330 e. The lowest BCUT2D eigenvalue weighted by Gasteiger charge is -2.32. The van der Waals surface area contributed by atoms with Crippen LogP contribution in [0, 0.1) is 5.92 Å². The van der Waals surface area contributed by atoms with Gasteiger partial charge in [-0.3, -0.25) is 4.90 Å². The molecule has 1 aliphatic rings. The molecule has 0 radical (unpaired) electrons. The predicted molar refractivity (Wildman–Crippen MR) is 76.4 cm³/mol. The quantitative estimate of drug-likeness (QED) is 0.877. The molecule has 0 aliphatic carbocycles. The van der Waals surface area contributed by atoms with Crippen LogP contribution < -0.4 is 11.5 Å². The van der Waals surface area contributed by atoms with Gasteiger partial charge in [-0.15, -0.1) is 0 Å². The van der Waals surface area contributed by atoms with Gasteiger partial charge in [-0.25, -0.2) is 0 Å². The second kappa shape index (κ2) is 6.53. The van der Waals surface area contributed by atoms with E-state index in [0.29, 0.717) is 12.5 Å². The average molecular weight is 268 g/mol. The number of hydrogen-bond acceptors (Lipinski definition) is 3. The molecule has 4 N–H and O–H groups in total. The Kier molecular flexibility index (Phi) is 5.01. The lowest BCUT2D eigenvalue weighted by atomic mass is 9.97. The highest BCUT2D eigenvalue weighted by Gasteiger charge is 2.18. The van der Waals surface area contributed by atoms with E-state index in [1.54, 1.807) is 0 Å². The van der Waals surface area contributed by atoms with E-state index in [1.165, 1.54) is 18.4 Å². The molecule has 1 aromatic carbocycles. The van der Waals surface area contributed by atoms with Gasteiger partial charge in [0.2, 0.25) is 0 Å². The Morgan fingerprint density at radius 3 is 2.72 bits per heavy atom. The Balaban J connectivity index is 2.02. The van der Waals surface area contributed by atoms with Gasteiger partial charge in [0, 0.05) is 24.7 Å². The molecule has 1 atom stereocenters. The summed E-state index contributed by atoms with van der Waals surface area (Å²) in [5.41, 5.74) is 13.8. The third kappa shape index (κ3) is 3.69. The molecule has 1 saturated heterocycles. The summed E-state index contributed by atoms with van der Waals surface area (Å²) in [6, 6.07) is 6.12. The van der Waals surface area contributed by atoms with E-state index in [0.717, 1.165) is 36.8 Å². The second-order valence-electron chi connectivity index (χ2n) is 5.15. The van der Waals surface area contributed by atoms with E-state index < -0.39 is 0 Å². The van der Waals surface area contributed by atoms with Crippen molar-refractivity contribution in [3.8, 4) is 0 Å². The number of benzene rings is 1. The number of hydrogen-bond donors (Lipinski definition) is 2. The standard InChI is InChI=1S/C14H22ClN3/c15-14-5-12(8-17)4-13(6-14)10-18-3-1-2-11(7-16)9-18/h4-6,11H,1-3,7-10,16-17H2. The topological polar surface area (TPSA) is 55.3 Å². The molecule has 0 amide bonds. The molecule has 1 unspecified atom stereocenters. The van der Waals surface area contributed by atoms with E-state index >= 15 is 0 Å². The Hall–Kier alpha value is -0.610. The van der Waals surface area contributed by atoms with Crippen LogP contribution in [0.2, 0.25) is 5.02 Å². The first-order valence-electron chi connectivity index (χ1n) is 6.62. The van der Waals surface area contributed by atoms with Crippen molar-refractivity contribution < 1.29 is 0 Å². The maximum absolute atomic E-state index is 6.11. The Morgan fingerprint density at radius 1 is 1.22 bits per heavy atom. The summed E-state index contributed by atoms with van der Waals surface area (Å²) in [7, 11) is 0. The molecular formula is C14H22ClN3. The van der Waals surface area contributed by atoms with Crippen molar-refractivity contribution in [2.45, 2.75) is 25.9 Å². The average Bonchev–Trinajstić information content (AvgIpc) is 2.38. The van der Waals surface area contributed by atoms with Crippen molar-refractivity contribution in [2.75, 3.05) is 19.6 Å². The van der Waals surface area contributed by atoms with Gasteiger partial charge in [0.25, 0.3) is 0 Å². The fraction of sp³-hybridized carbons (Fsp3) is 0.571. The van der Waals surface area contributed by atoms with Gasteiger partial charge < -0.3 is 11.5 Å². The molecule has 0 spiro atoms. The number of nitrogens with two attached hydrogens (primary N) is 2. The van der Waals surface area contributed by atoms with Crippen LogP contribution >= 0.6 is 11.6 Å². The predicted octanol–water partition coefficient (Wildman–Crippen LogP) is 1.97. The van der Waals surface area contributed by atoms with Crippen LogP contribution in [0.1, 0.15) is 24.0 Å². The summed E-state index contributed by atoms with van der Waals surface area (Å²) < 4.78 is 0. The van der Waals surface area contributed by atoms with Gasteiger partial charge in [0.1, 0.15) is 0 Å². The number of rotatable bonds is 4. The van der Waals surface area contributed by atoms with E-state index in [9.17, 15) is 0 Å². The van der Waals surface area contributed by atoms with E-state index in [2.05, 4.69) is 11.0 Å². The normalized spacial score (nSPS) is 21.2. The van der Waals surface area contributed by atoms with E-state index in [1.807, 2.05) is 12.1 Å². The zero-order chi connectivity index (χ0) is 13.0. The number of piperidine rings is 1. The smallest absolute Gasteiger partial charge is 0.0412 e. The van der Waals surface area contributed by atoms with E-state index in [-0.39, 0.29) is 0 Å². The first-order chi connectivity index (χ1) is 8.71. The fourth-order valence-electron chi connectivity index (χ4n) is 2.67. The molecule has 1 heterocycles. The van der Waals surface area contributed by atoms with Crippen LogP contribution in [0.5, 0.6) is 0 Å². The van der Waals surface area contributed by atoms with Crippen LogP contribution in [0.4, 0.5) is 0 Å². The van der Waals surface area contributed by atoms with Crippen molar-refractivity contribution in [1.29, 1.82) is 0 Å². The first kappa shape index (κ1) is 13.8. The third-order valence-electron chi connectivity index (χ3n) is 3.60. The highest BCUT2D eigenvalue weighted by molar-refractivity contribution is 6.30. The fourth-order valence-corrected chi connectivity index (χ4v) is 2.95. The highest BCUT2D eigenvalue weighted by Crippen LogP contribution is 2.20. The monoisotopic (exact) mass is 267 g/mol. The molecule has 2 rings (SSSR count). The highest BCUT2D eigenvalue weighted by atomic mass is 35.5. The van der Waals surface area contributed by atoms with E-state index in [4.69, 9.17) is 23.1 Å². The summed E-state index contributed by atoms with van der Waals surface area (Å²) in [5.74, 6) is 0.645. The van der Waals surface area contributed by atoms with Crippen molar-refractivity contribution in [3.63, 3.8) is 0 Å². The Labute approximate surface area is 114 Å². The van der Waals surface area contributed by atoms with Crippen LogP contribution in [0.15, 0.2) is 18.2 Å². The van der Waals surface area contributed by atoms with Gasteiger partial charge >= 0.3 is 0 Å². The minimum atomic E-state index is 0.541.